The van der Waals surface area contributed by atoms with E-state index in [1.807, 2.05) is 0 Å². The van der Waals surface area contributed by atoms with Crippen LogP contribution in [0.5, 0.6) is 0 Å². The predicted molar refractivity (Wildman–Crippen MR) is 75.0 cm³/mol. The molecule has 2 aromatic rings. The third kappa shape index (κ3) is 2.98. The van der Waals surface area contributed by atoms with E-state index in [-0.39, 0.29) is 11.4 Å². The van der Waals surface area contributed by atoms with E-state index < -0.39 is 4.92 Å². The Bertz CT molecular complexity index is 631. The van der Waals surface area contributed by atoms with Crippen LogP contribution in [0.15, 0.2) is 30.5 Å². The van der Waals surface area contributed by atoms with Crippen LogP contribution in [-0.4, -0.2) is 14.9 Å². The van der Waals surface area contributed by atoms with Crippen molar-refractivity contribution in [3.63, 3.8) is 0 Å². The highest BCUT2D eigenvalue weighted by atomic mass is 16.6. The number of rotatable bonds is 5. The standard InChI is InChI=1S/C12H14N6O2/c1-8-14-6-5-9(16-8)7-15-10-3-2-4-11(17-13)12(10)18(19)20/h2-6,15,17H,7,13H2,1H3. The number of aromatic nitrogens is 2. The number of nitro benzene ring substituents is 1. The van der Waals surface area contributed by atoms with E-state index in [2.05, 4.69) is 20.7 Å². The molecular formula is C12H14N6O2. The molecule has 20 heavy (non-hydrogen) atoms. The Balaban J connectivity index is 2.23. The van der Waals surface area contributed by atoms with E-state index >= 15 is 0 Å². The zero-order valence-electron chi connectivity index (χ0n) is 10.8. The first kappa shape index (κ1) is 13.7. The van der Waals surface area contributed by atoms with E-state index in [0.29, 0.717) is 18.1 Å². The normalized spacial score (nSPS) is 10.1. The smallest absolute Gasteiger partial charge is 0.316 e. The maximum Gasteiger partial charge on any atom is 0.316 e. The van der Waals surface area contributed by atoms with Gasteiger partial charge in [-0.05, 0) is 25.1 Å². The van der Waals surface area contributed by atoms with Gasteiger partial charge in [0.25, 0.3) is 0 Å². The number of benzene rings is 1. The zero-order chi connectivity index (χ0) is 14.5. The van der Waals surface area contributed by atoms with Gasteiger partial charge in [0.05, 0.1) is 17.2 Å². The Morgan fingerprint density at radius 1 is 1.35 bits per heavy atom. The van der Waals surface area contributed by atoms with Gasteiger partial charge >= 0.3 is 5.69 Å². The minimum atomic E-state index is -0.483. The number of hydrogen-bond donors (Lipinski definition) is 3. The average molecular weight is 274 g/mol. The van der Waals surface area contributed by atoms with Crippen LogP contribution in [0, 0.1) is 17.0 Å². The summed E-state index contributed by atoms with van der Waals surface area (Å²) in [5.74, 6) is 5.93. The van der Waals surface area contributed by atoms with Crippen molar-refractivity contribution in [1.82, 2.24) is 9.97 Å². The Kier molecular flexibility index (Phi) is 4.06. The molecule has 0 saturated carbocycles. The molecule has 0 saturated heterocycles. The Hall–Kier alpha value is -2.74. The summed E-state index contributed by atoms with van der Waals surface area (Å²) in [6.45, 7) is 2.14. The quantitative estimate of drug-likeness (QED) is 0.430. The average Bonchev–Trinajstić information content (AvgIpc) is 2.44. The summed E-state index contributed by atoms with van der Waals surface area (Å²) >= 11 is 0. The van der Waals surface area contributed by atoms with Crippen LogP contribution in [0.2, 0.25) is 0 Å². The van der Waals surface area contributed by atoms with E-state index in [0.717, 1.165) is 5.69 Å². The fraction of sp³-hybridized carbons (Fsp3) is 0.167. The van der Waals surface area contributed by atoms with Gasteiger partial charge in [0.2, 0.25) is 0 Å². The second-order valence-electron chi connectivity index (χ2n) is 4.05. The summed E-state index contributed by atoms with van der Waals surface area (Å²) in [6.07, 6.45) is 1.64. The van der Waals surface area contributed by atoms with Crippen molar-refractivity contribution in [2.45, 2.75) is 13.5 Å². The van der Waals surface area contributed by atoms with Crippen molar-refractivity contribution in [3.05, 3.63) is 52.1 Å². The molecule has 0 spiro atoms. The van der Waals surface area contributed by atoms with Gasteiger partial charge in [0.1, 0.15) is 17.2 Å². The number of nitrogens with zero attached hydrogens (tertiary/aromatic N) is 3. The molecule has 0 unspecified atom stereocenters. The first-order valence-electron chi connectivity index (χ1n) is 5.88. The van der Waals surface area contributed by atoms with Crippen molar-refractivity contribution < 1.29 is 4.92 Å². The topological polar surface area (TPSA) is 119 Å². The molecule has 1 aromatic carbocycles. The lowest BCUT2D eigenvalue weighted by atomic mass is 10.2. The minimum absolute atomic E-state index is 0.0965. The molecule has 0 atom stereocenters. The summed E-state index contributed by atoms with van der Waals surface area (Å²) in [4.78, 5) is 18.8. The number of hydrogen-bond acceptors (Lipinski definition) is 7. The van der Waals surface area contributed by atoms with Crippen molar-refractivity contribution in [1.29, 1.82) is 0 Å². The van der Waals surface area contributed by atoms with Gasteiger partial charge in [-0.2, -0.15) is 0 Å². The third-order valence-corrected chi connectivity index (χ3v) is 2.67. The zero-order valence-corrected chi connectivity index (χ0v) is 10.8. The van der Waals surface area contributed by atoms with Crippen molar-refractivity contribution in [2.24, 2.45) is 5.84 Å². The lowest BCUT2D eigenvalue weighted by Crippen LogP contribution is -2.11. The van der Waals surface area contributed by atoms with Crippen molar-refractivity contribution in [3.8, 4) is 0 Å². The number of nitrogen functional groups attached to an aromatic ring is 1. The molecule has 0 aliphatic rings. The van der Waals surface area contributed by atoms with Gasteiger partial charge in [-0.25, -0.2) is 9.97 Å². The maximum absolute atomic E-state index is 11.1. The number of nitrogens with one attached hydrogen (secondary N) is 2. The fourth-order valence-corrected chi connectivity index (χ4v) is 1.79. The van der Waals surface area contributed by atoms with Crippen LogP contribution in [0.4, 0.5) is 17.1 Å². The predicted octanol–water partition coefficient (Wildman–Crippen LogP) is 1.59. The first-order valence-corrected chi connectivity index (χ1v) is 5.88. The number of nitro groups is 1. The molecule has 0 fully saturated rings. The lowest BCUT2D eigenvalue weighted by molar-refractivity contribution is -0.383. The minimum Gasteiger partial charge on any atom is -0.374 e. The molecular weight excluding hydrogens is 260 g/mol. The molecule has 1 aromatic heterocycles. The van der Waals surface area contributed by atoms with Gasteiger partial charge in [0, 0.05) is 6.20 Å². The van der Waals surface area contributed by atoms with E-state index in [9.17, 15) is 10.1 Å². The number of nitrogens with two attached hydrogens (primary N) is 1. The Morgan fingerprint density at radius 2 is 2.10 bits per heavy atom. The van der Waals surface area contributed by atoms with E-state index in [4.69, 9.17) is 5.84 Å². The SMILES string of the molecule is Cc1nccc(CNc2cccc(NN)c2[N+](=O)[O-])n1. The summed E-state index contributed by atoms with van der Waals surface area (Å²) in [5, 5.41) is 14.1. The largest absolute Gasteiger partial charge is 0.374 e. The van der Waals surface area contributed by atoms with Crippen molar-refractivity contribution in [2.75, 3.05) is 10.7 Å². The summed E-state index contributed by atoms with van der Waals surface area (Å²) in [5.41, 5.74) is 3.59. The van der Waals surface area contributed by atoms with E-state index in [1.54, 1.807) is 31.3 Å². The molecule has 0 aliphatic carbocycles. The van der Waals surface area contributed by atoms with Crippen LogP contribution in [-0.2, 0) is 6.54 Å². The van der Waals surface area contributed by atoms with Crippen LogP contribution in [0.3, 0.4) is 0 Å². The van der Waals surface area contributed by atoms with Crippen LogP contribution < -0.4 is 16.6 Å². The monoisotopic (exact) mass is 274 g/mol. The molecule has 4 N–H and O–H groups in total. The van der Waals surface area contributed by atoms with Crippen molar-refractivity contribution >= 4 is 17.1 Å². The van der Waals surface area contributed by atoms with Gasteiger partial charge in [-0.15, -0.1) is 0 Å². The molecule has 104 valence electrons. The third-order valence-electron chi connectivity index (χ3n) is 2.67. The summed E-state index contributed by atoms with van der Waals surface area (Å²) < 4.78 is 0. The Labute approximate surface area is 115 Å². The second-order valence-corrected chi connectivity index (χ2v) is 4.05. The van der Waals surface area contributed by atoms with Gasteiger partial charge < -0.3 is 10.7 Å². The molecule has 8 nitrogen and oxygen atoms in total. The highest BCUT2D eigenvalue weighted by Gasteiger charge is 2.18. The van der Waals surface area contributed by atoms with Crippen LogP contribution >= 0.6 is 0 Å². The summed E-state index contributed by atoms with van der Waals surface area (Å²) in [6, 6.07) is 6.58. The number of aryl methyl sites for hydroxylation is 1. The summed E-state index contributed by atoms with van der Waals surface area (Å²) in [7, 11) is 0. The molecule has 2 rings (SSSR count). The van der Waals surface area contributed by atoms with Gasteiger partial charge in [-0.3, -0.25) is 16.0 Å². The van der Waals surface area contributed by atoms with Crippen LogP contribution in [0.1, 0.15) is 11.5 Å². The molecule has 1 heterocycles. The fourth-order valence-electron chi connectivity index (χ4n) is 1.79. The maximum atomic E-state index is 11.1. The number of hydrazine groups is 1. The Morgan fingerprint density at radius 3 is 2.75 bits per heavy atom. The number of para-hydroxylation sites is 1. The second kappa shape index (κ2) is 5.93. The highest BCUT2D eigenvalue weighted by Crippen LogP contribution is 2.32. The molecule has 0 radical (unpaired) electrons. The molecule has 0 bridgehead atoms. The van der Waals surface area contributed by atoms with Gasteiger partial charge in [-0.1, -0.05) is 6.07 Å². The molecule has 0 amide bonds. The molecule has 8 heteroatoms. The van der Waals surface area contributed by atoms with E-state index in [1.165, 1.54) is 6.07 Å². The molecule has 0 aliphatic heterocycles. The first-order chi connectivity index (χ1) is 9.61. The lowest BCUT2D eigenvalue weighted by Gasteiger charge is -2.09. The highest BCUT2D eigenvalue weighted by molar-refractivity contribution is 5.75. The van der Waals surface area contributed by atoms with Crippen LogP contribution in [0.25, 0.3) is 0 Å². The van der Waals surface area contributed by atoms with Gasteiger partial charge in [0.15, 0.2) is 0 Å². The number of anilines is 2.